The maximum Gasteiger partial charge on any atom is 0.332 e. The van der Waals surface area contributed by atoms with Crippen LogP contribution in [0.1, 0.15) is 12.8 Å². The lowest BCUT2D eigenvalue weighted by Gasteiger charge is -2.40. The summed E-state index contributed by atoms with van der Waals surface area (Å²) in [7, 11) is 4.50. The third-order valence-electron chi connectivity index (χ3n) is 3.35. The van der Waals surface area contributed by atoms with E-state index in [0.717, 1.165) is 28.3 Å². The number of carbonyl (C=O) groups is 5. The Morgan fingerprint density at radius 2 is 1.24 bits per heavy atom. The topological polar surface area (TPSA) is 110 Å². The Bertz CT molecular complexity index is 470. The molecule has 21 heavy (non-hydrogen) atoms. The first-order valence-electron chi connectivity index (χ1n) is 5.95. The van der Waals surface area contributed by atoms with Crippen LogP contribution in [0.3, 0.4) is 0 Å². The van der Waals surface area contributed by atoms with Gasteiger partial charge in [0.2, 0.25) is 11.8 Å². The van der Waals surface area contributed by atoms with Crippen molar-refractivity contribution in [2.45, 2.75) is 12.8 Å². The van der Waals surface area contributed by atoms with Gasteiger partial charge in [-0.1, -0.05) is 0 Å². The summed E-state index contributed by atoms with van der Waals surface area (Å²) in [5, 5.41) is 0. The number of amides is 4. The number of hydrogen-bond acceptors (Lipinski definition) is 7. The van der Waals surface area contributed by atoms with Crippen LogP contribution in [0.15, 0.2) is 0 Å². The molecule has 1 saturated heterocycles. The molecule has 0 bridgehead atoms. The van der Waals surface area contributed by atoms with Crippen molar-refractivity contribution in [1.82, 2.24) is 9.80 Å². The van der Waals surface area contributed by atoms with Gasteiger partial charge in [-0.05, 0) is 0 Å². The number of rotatable bonds is 4. The van der Waals surface area contributed by atoms with E-state index >= 15 is 0 Å². The summed E-state index contributed by atoms with van der Waals surface area (Å²) in [4.78, 5) is 60.9. The molecule has 0 aromatic rings. The van der Waals surface area contributed by atoms with Gasteiger partial charge in [0.15, 0.2) is 0 Å². The molecule has 0 spiro atoms. The fourth-order valence-corrected chi connectivity index (χ4v) is 2.13. The lowest BCUT2D eigenvalue weighted by molar-refractivity contribution is -0.168. The Labute approximate surface area is 120 Å². The second-order valence-electron chi connectivity index (χ2n) is 4.60. The van der Waals surface area contributed by atoms with Crippen molar-refractivity contribution in [3.8, 4) is 0 Å². The molecule has 1 rings (SSSR count). The predicted octanol–water partition coefficient (Wildman–Crippen LogP) is -0.851. The quantitative estimate of drug-likeness (QED) is 0.491. The summed E-state index contributed by atoms with van der Waals surface area (Å²) >= 11 is 0. The molecule has 0 aromatic carbocycles. The number of nitrogens with zero attached hydrogens (tertiary/aromatic N) is 2. The lowest BCUT2D eigenvalue weighted by Crippen LogP contribution is -2.64. The van der Waals surface area contributed by atoms with Gasteiger partial charge in [-0.15, -0.1) is 0 Å². The molecule has 0 N–H and O–H groups in total. The number of hydrogen-bond donors (Lipinski definition) is 0. The van der Waals surface area contributed by atoms with Crippen LogP contribution in [-0.2, 0) is 28.7 Å². The van der Waals surface area contributed by atoms with Gasteiger partial charge in [0.25, 0.3) is 0 Å². The summed E-state index contributed by atoms with van der Waals surface area (Å²) in [6, 6.07) is -0.838. The SMILES string of the molecule is COC(=O)CC1(CC(=O)OC)C(=O)N(C)C(=O)N(C)C1=O. The minimum atomic E-state index is -2.03. The van der Waals surface area contributed by atoms with E-state index in [1.54, 1.807) is 0 Å². The number of barbiturate groups is 1. The van der Waals surface area contributed by atoms with Crippen molar-refractivity contribution < 1.29 is 33.4 Å². The van der Waals surface area contributed by atoms with E-state index < -0.39 is 48.0 Å². The van der Waals surface area contributed by atoms with E-state index in [1.807, 2.05) is 0 Å². The van der Waals surface area contributed by atoms with Crippen LogP contribution in [0.5, 0.6) is 0 Å². The molecule has 0 aromatic heterocycles. The Hall–Kier alpha value is -2.45. The summed E-state index contributed by atoms with van der Waals surface area (Å²) < 4.78 is 8.94. The van der Waals surface area contributed by atoms with E-state index in [2.05, 4.69) is 9.47 Å². The normalized spacial score (nSPS) is 17.8. The highest BCUT2D eigenvalue weighted by Crippen LogP contribution is 2.36. The highest BCUT2D eigenvalue weighted by molar-refractivity contribution is 6.21. The van der Waals surface area contributed by atoms with Crippen LogP contribution in [-0.4, -0.2) is 67.9 Å². The fourth-order valence-electron chi connectivity index (χ4n) is 2.13. The van der Waals surface area contributed by atoms with Crippen molar-refractivity contribution in [1.29, 1.82) is 0 Å². The summed E-state index contributed by atoms with van der Waals surface area (Å²) in [5.74, 6) is -3.58. The molecule has 0 unspecified atom stereocenters. The van der Waals surface area contributed by atoms with E-state index in [1.165, 1.54) is 0 Å². The van der Waals surface area contributed by atoms with Gasteiger partial charge < -0.3 is 9.47 Å². The Kier molecular flexibility index (Phi) is 4.66. The van der Waals surface area contributed by atoms with Crippen LogP contribution in [0.4, 0.5) is 4.79 Å². The van der Waals surface area contributed by atoms with Crippen molar-refractivity contribution in [2.75, 3.05) is 28.3 Å². The van der Waals surface area contributed by atoms with Gasteiger partial charge in [0, 0.05) is 14.1 Å². The number of carbonyl (C=O) groups excluding carboxylic acids is 5. The standard InChI is InChI=1S/C12H16N2O7/c1-13-9(17)12(5-7(15)20-3,6-8(16)21-4)10(18)14(2)11(13)19/h5-6H2,1-4H3. The Morgan fingerprint density at radius 1 is 0.905 bits per heavy atom. The van der Waals surface area contributed by atoms with E-state index in [9.17, 15) is 24.0 Å². The van der Waals surface area contributed by atoms with Crippen LogP contribution in [0.25, 0.3) is 0 Å². The molecule has 1 aliphatic heterocycles. The zero-order chi connectivity index (χ0) is 16.4. The average molecular weight is 300 g/mol. The minimum Gasteiger partial charge on any atom is -0.469 e. The molecule has 4 amide bonds. The van der Waals surface area contributed by atoms with Crippen LogP contribution < -0.4 is 0 Å². The molecule has 1 aliphatic rings. The maximum absolute atomic E-state index is 12.4. The predicted molar refractivity (Wildman–Crippen MR) is 66.6 cm³/mol. The molecule has 9 nitrogen and oxygen atoms in total. The molecule has 0 aliphatic carbocycles. The minimum absolute atomic E-state index is 0.655. The number of urea groups is 1. The van der Waals surface area contributed by atoms with Crippen molar-refractivity contribution in [2.24, 2.45) is 5.41 Å². The number of methoxy groups -OCH3 is 2. The number of esters is 2. The second kappa shape index (κ2) is 5.90. The first-order valence-corrected chi connectivity index (χ1v) is 5.95. The van der Waals surface area contributed by atoms with Gasteiger partial charge in [0.05, 0.1) is 27.1 Å². The first kappa shape index (κ1) is 16.6. The highest BCUT2D eigenvalue weighted by atomic mass is 16.5. The summed E-state index contributed by atoms with van der Waals surface area (Å²) in [5.41, 5.74) is -2.03. The van der Waals surface area contributed by atoms with E-state index in [-0.39, 0.29) is 0 Å². The van der Waals surface area contributed by atoms with Gasteiger partial charge >= 0.3 is 18.0 Å². The third kappa shape index (κ3) is 2.71. The monoisotopic (exact) mass is 300 g/mol. The molecule has 0 atom stereocenters. The maximum atomic E-state index is 12.4. The lowest BCUT2D eigenvalue weighted by atomic mass is 9.77. The molecule has 1 heterocycles. The fraction of sp³-hybridized carbons (Fsp3) is 0.583. The highest BCUT2D eigenvalue weighted by Gasteiger charge is 2.58. The first-order chi connectivity index (χ1) is 9.71. The molecule has 116 valence electrons. The zero-order valence-electron chi connectivity index (χ0n) is 12.2. The number of ether oxygens (including phenoxy) is 2. The smallest absolute Gasteiger partial charge is 0.332 e. The van der Waals surface area contributed by atoms with Crippen LogP contribution in [0.2, 0.25) is 0 Å². The molecule has 0 radical (unpaired) electrons. The van der Waals surface area contributed by atoms with Gasteiger partial charge in [-0.2, -0.15) is 0 Å². The van der Waals surface area contributed by atoms with E-state index in [0.29, 0.717) is 9.80 Å². The Morgan fingerprint density at radius 3 is 1.52 bits per heavy atom. The molecule has 1 fully saturated rings. The zero-order valence-corrected chi connectivity index (χ0v) is 12.2. The molecule has 0 saturated carbocycles. The molecular weight excluding hydrogens is 284 g/mol. The van der Waals surface area contributed by atoms with Crippen molar-refractivity contribution >= 4 is 29.8 Å². The third-order valence-corrected chi connectivity index (χ3v) is 3.35. The van der Waals surface area contributed by atoms with Gasteiger partial charge in [-0.25, -0.2) is 4.79 Å². The van der Waals surface area contributed by atoms with Crippen LogP contribution in [0, 0.1) is 5.41 Å². The van der Waals surface area contributed by atoms with Crippen molar-refractivity contribution in [3.63, 3.8) is 0 Å². The number of imide groups is 2. The van der Waals surface area contributed by atoms with Gasteiger partial charge in [0.1, 0.15) is 5.41 Å². The average Bonchev–Trinajstić information content (AvgIpc) is 2.48. The van der Waals surface area contributed by atoms with Gasteiger partial charge in [-0.3, -0.25) is 29.0 Å². The largest absolute Gasteiger partial charge is 0.469 e. The summed E-state index contributed by atoms with van der Waals surface area (Å²) in [6.45, 7) is 0. The molecular formula is C12H16N2O7. The molecule has 9 heteroatoms. The second-order valence-corrected chi connectivity index (χ2v) is 4.60. The Balaban J connectivity index is 3.34. The van der Waals surface area contributed by atoms with Crippen LogP contribution >= 0.6 is 0 Å². The van der Waals surface area contributed by atoms with E-state index in [4.69, 9.17) is 0 Å². The van der Waals surface area contributed by atoms with Crippen molar-refractivity contribution in [3.05, 3.63) is 0 Å². The summed E-state index contributed by atoms with van der Waals surface area (Å²) in [6.07, 6.45) is -1.31.